The summed E-state index contributed by atoms with van der Waals surface area (Å²) < 4.78 is 35.3. The van der Waals surface area contributed by atoms with Crippen LogP contribution in [0.4, 0.5) is 0 Å². The van der Waals surface area contributed by atoms with E-state index in [1.807, 2.05) is 0 Å². The van der Waals surface area contributed by atoms with E-state index in [9.17, 15) is 18.0 Å². The molecule has 1 aromatic heterocycles. The van der Waals surface area contributed by atoms with Crippen molar-refractivity contribution in [3.05, 3.63) is 34.3 Å². The van der Waals surface area contributed by atoms with E-state index in [4.69, 9.17) is 10.2 Å². The number of hydrogen-bond acceptors (Lipinski definition) is 6. The van der Waals surface area contributed by atoms with Gasteiger partial charge in [-0.25, -0.2) is 13.2 Å². The van der Waals surface area contributed by atoms with Crippen molar-refractivity contribution < 1.29 is 17.6 Å². The summed E-state index contributed by atoms with van der Waals surface area (Å²) in [5.74, 6) is -0.630. The molecule has 3 saturated heterocycles. The predicted molar refractivity (Wildman–Crippen MR) is 115 cm³/mol. The van der Waals surface area contributed by atoms with Crippen LogP contribution in [0.2, 0.25) is 0 Å². The van der Waals surface area contributed by atoms with Gasteiger partial charge in [-0.15, -0.1) is 0 Å². The SMILES string of the molecule is NC(=O)c1ccc2c(c1)oc(=O)n2C1CC2CCC(C1)N2S(=O)(=O)CC1CCNCC1. The summed E-state index contributed by atoms with van der Waals surface area (Å²) in [5, 5.41) is 3.29. The van der Waals surface area contributed by atoms with Crippen LogP contribution in [0.5, 0.6) is 0 Å². The van der Waals surface area contributed by atoms with Gasteiger partial charge in [0, 0.05) is 23.7 Å². The van der Waals surface area contributed by atoms with Crippen LogP contribution in [-0.4, -0.2) is 54.1 Å². The number of primary amides is 1. The fourth-order valence-electron chi connectivity index (χ4n) is 5.74. The summed E-state index contributed by atoms with van der Waals surface area (Å²) in [5.41, 5.74) is 6.56. The van der Waals surface area contributed by atoms with Gasteiger partial charge in [0.2, 0.25) is 15.9 Å². The molecule has 0 saturated carbocycles. The Kier molecular flexibility index (Phi) is 5.18. The summed E-state index contributed by atoms with van der Waals surface area (Å²) in [7, 11) is -3.34. The molecule has 2 unspecified atom stereocenters. The molecule has 1 amide bonds. The molecule has 4 heterocycles. The minimum absolute atomic E-state index is 0.0859. The predicted octanol–water partition coefficient (Wildman–Crippen LogP) is 1.19. The molecule has 0 aliphatic carbocycles. The van der Waals surface area contributed by atoms with Crippen LogP contribution in [0.3, 0.4) is 0 Å². The first-order chi connectivity index (χ1) is 14.8. The lowest BCUT2D eigenvalue weighted by molar-refractivity contribution is 0.1000. The maximum absolute atomic E-state index is 13.3. The number of piperidine rings is 2. The molecular formula is C21H28N4O5S. The Morgan fingerprint density at radius 3 is 2.42 bits per heavy atom. The van der Waals surface area contributed by atoms with Crippen LogP contribution in [-0.2, 0) is 10.0 Å². The minimum Gasteiger partial charge on any atom is -0.408 e. The number of hydrogen-bond donors (Lipinski definition) is 2. The molecule has 0 spiro atoms. The number of nitrogens with two attached hydrogens (primary N) is 1. The largest absolute Gasteiger partial charge is 0.420 e. The number of nitrogens with one attached hydrogen (secondary N) is 1. The minimum atomic E-state index is -3.34. The number of carbonyl (C=O) groups is 1. The van der Waals surface area contributed by atoms with Gasteiger partial charge in [-0.3, -0.25) is 9.36 Å². The molecule has 1 aromatic carbocycles. The van der Waals surface area contributed by atoms with Gasteiger partial charge >= 0.3 is 5.76 Å². The first kappa shape index (κ1) is 20.7. The molecule has 5 rings (SSSR count). The van der Waals surface area contributed by atoms with Gasteiger partial charge in [-0.05, 0) is 75.7 Å². The van der Waals surface area contributed by atoms with Crippen LogP contribution >= 0.6 is 0 Å². The van der Waals surface area contributed by atoms with E-state index in [1.165, 1.54) is 6.07 Å². The van der Waals surface area contributed by atoms with Gasteiger partial charge in [0.25, 0.3) is 0 Å². The second kappa shape index (κ2) is 7.75. The van der Waals surface area contributed by atoms with Gasteiger partial charge in [-0.2, -0.15) is 4.31 Å². The average molecular weight is 449 g/mol. The highest BCUT2D eigenvalue weighted by Crippen LogP contribution is 2.43. The zero-order chi connectivity index (χ0) is 21.8. The number of aromatic nitrogens is 1. The summed E-state index contributed by atoms with van der Waals surface area (Å²) >= 11 is 0. The number of carbonyl (C=O) groups excluding carboxylic acids is 1. The second-order valence-corrected chi connectivity index (χ2v) is 11.0. The Morgan fingerprint density at radius 2 is 1.77 bits per heavy atom. The smallest absolute Gasteiger partial charge is 0.408 e. The van der Waals surface area contributed by atoms with Crippen molar-refractivity contribution in [2.24, 2.45) is 11.7 Å². The summed E-state index contributed by atoms with van der Waals surface area (Å²) in [6.45, 7) is 1.76. The monoisotopic (exact) mass is 448 g/mol. The summed E-state index contributed by atoms with van der Waals surface area (Å²) in [6.07, 6.45) is 4.62. The molecule has 2 bridgehead atoms. The zero-order valence-electron chi connectivity index (χ0n) is 17.3. The first-order valence-electron chi connectivity index (χ1n) is 11.0. The van der Waals surface area contributed by atoms with E-state index in [0.717, 1.165) is 38.8 Å². The third-order valence-electron chi connectivity index (χ3n) is 7.13. The normalized spacial score (nSPS) is 27.7. The van der Waals surface area contributed by atoms with Crippen LogP contribution in [0.25, 0.3) is 11.1 Å². The van der Waals surface area contributed by atoms with Gasteiger partial charge in [0.1, 0.15) is 0 Å². The van der Waals surface area contributed by atoms with Crippen LogP contribution < -0.4 is 16.8 Å². The Labute approximate surface area is 180 Å². The van der Waals surface area contributed by atoms with E-state index >= 15 is 0 Å². The number of benzene rings is 1. The van der Waals surface area contributed by atoms with Crippen molar-refractivity contribution >= 4 is 27.0 Å². The molecule has 3 aliphatic rings. The average Bonchev–Trinajstić information content (AvgIpc) is 3.21. The molecule has 0 radical (unpaired) electrons. The van der Waals surface area contributed by atoms with Gasteiger partial charge < -0.3 is 15.5 Å². The summed E-state index contributed by atoms with van der Waals surface area (Å²) in [6, 6.07) is 4.46. The van der Waals surface area contributed by atoms with Crippen molar-refractivity contribution in [2.75, 3.05) is 18.8 Å². The van der Waals surface area contributed by atoms with Crippen molar-refractivity contribution in [3.63, 3.8) is 0 Å². The van der Waals surface area contributed by atoms with Crippen LogP contribution in [0, 0.1) is 5.92 Å². The summed E-state index contributed by atoms with van der Waals surface area (Å²) in [4.78, 5) is 24.1. The van der Waals surface area contributed by atoms with E-state index < -0.39 is 21.7 Å². The highest BCUT2D eigenvalue weighted by atomic mass is 32.2. The fourth-order valence-corrected chi connectivity index (χ4v) is 8.13. The highest BCUT2D eigenvalue weighted by molar-refractivity contribution is 7.89. The maximum Gasteiger partial charge on any atom is 0.420 e. The lowest BCUT2D eigenvalue weighted by Gasteiger charge is -2.39. The Bertz CT molecular complexity index is 1150. The lowest BCUT2D eigenvalue weighted by atomic mass is 9.99. The molecule has 3 N–H and O–H groups in total. The van der Waals surface area contributed by atoms with Crippen molar-refractivity contribution in [2.45, 2.75) is 56.7 Å². The number of sulfonamides is 1. The van der Waals surface area contributed by atoms with Gasteiger partial charge in [0.05, 0.1) is 11.3 Å². The molecular weight excluding hydrogens is 420 g/mol. The highest BCUT2D eigenvalue weighted by Gasteiger charge is 2.48. The Balaban J connectivity index is 1.39. The molecule has 2 aromatic rings. The van der Waals surface area contributed by atoms with E-state index in [0.29, 0.717) is 23.9 Å². The van der Waals surface area contributed by atoms with Crippen molar-refractivity contribution in [1.29, 1.82) is 0 Å². The number of oxazole rings is 1. The number of nitrogens with zero attached hydrogens (tertiary/aromatic N) is 2. The van der Waals surface area contributed by atoms with Gasteiger partial charge in [-0.1, -0.05) is 0 Å². The molecule has 9 nitrogen and oxygen atoms in total. The standard InChI is InChI=1S/C21H28N4O5S/c22-20(26)14-1-4-18-19(9-14)30-21(27)24(18)17-10-15-2-3-16(11-17)25(15)31(28,29)12-13-5-7-23-8-6-13/h1,4,9,13,15-17,23H,2-3,5-8,10-12H2,(H2,22,26). The first-order valence-corrected chi connectivity index (χ1v) is 12.6. The molecule has 3 fully saturated rings. The maximum atomic E-state index is 13.3. The van der Waals surface area contributed by atoms with E-state index in [2.05, 4.69) is 5.32 Å². The number of fused-ring (bicyclic) bond motifs is 3. The van der Waals surface area contributed by atoms with Crippen molar-refractivity contribution in [3.8, 4) is 0 Å². The zero-order valence-corrected chi connectivity index (χ0v) is 18.1. The van der Waals surface area contributed by atoms with Crippen molar-refractivity contribution in [1.82, 2.24) is 14.2 Å². The molecule has 168 valence electrons. The molecule has 31 heavy (non-hydrogen) atoms. The fraction of sp³-hybridized carbons (Fsp3) is 0.619. The number of rotatable bonds is 5. The quantitative estimate of drug-likeness (QED) is 0.707. The second-order valence-electron chi connectivity index (χ2n) is 9.10. The molecule has 3 aliphatic heterocycles. The van der Waals surface area contributed by atoms with Gasteiger partial charge in [0.15, 0.2) is 5.58 Å². The number of amides is 1. The third-order valence-corrected chi connectivity index (χ3v) is 9.26. The van der Waals surface area contributed by atoms with E-state index in [-0.39, 0.29) is 35.4 Å². The Morgan fingerprint density at radius 1 is 1.10 bits per heavy atom. The third kappa shape index (κ3) is 3.70. The van der Waals surface area contributed by atoms with Crippen LogP contribution in [0.1, 0.15) is 54.9 Å². The van der Waals surface area contributed by atoms with Crippen LogP contribution in [0.15, 0.2) is 27.4 Å². The Hall–Kier alpha value is -2.17. The lowest BCUT2D eigenvalue weighted by Crippen LogP contribution is -2.49. The van der Waals surface area contributed by atoms with E-state index in [1.54, 1.807) is 21.0 Å². The topological polar surface area (TPSA) is 128 Å². The molecule has 2 atom stereocenters. The molecule has 10 heteroatoms.